The highest BCUT2D eigenvalue weighted by atomic mass is 16.5. The van der Waals surface area contributed by atoms with Gasteiger partial charge in [0.25, 0.3) is 0 Å². The Hall–Kier alpha value is -1.81. The van der Waals surface area contributed by atoms with Gasteiger partial charge in [-0.1, -0.05) is 31.5 Å². The zero-order valence-corrected chi connectivity index (χ0v) is 15.0. The van der Waals surface area contributed by atoms with Gasteiger partial charge in [0, 0.05) is 35.7 Å². The number of hydrogen-bond acceptors (Lipinski definition) is 3. The third-order valence-corrected chi connectivity index (χ3v) is 7.24. The molecule has 4 aliphatic rings. The lowest BCUT2D eigenvalue weighted by molar-refractivity contribution is -0.161. The van der Waals surface area contributed by atoms with Crippen LogP contribution < -0.4 is 0 Å². The molecule has 2 saturated heterocycles. The molecule has 1 aromatic heterocycles. The Morgan fingerprint density at radius 3 is 3.00 bits per heavy atom. The minimum absolute atomic E-state index is 0.0449. The molecule has 2 aromatic rings. The summed E-state index contributed by atoms with van der Waals surface area (Å²) in [6, 6.07) is 8.74. The van der Waals surface area contributed by atoms with Crippen molar-refractivity contribution < 1.29 is 9.53 Å². The van der Waals surface area contributed by atoms with Crippen LogP contribution in [0.5, 0.6) is 0 Å². The smallest absolute Gasteiger partial charge is 0.319 e. The van der Waals surface area contributed by atoms with Crippen LogP contribution in [0.15, 0.2) is 24.3 Å². The van der Waals surface area contributed by atoms with Crippen molar-refractivity contribution in [2.75, 3.05) is 20.2 Å². The molecule has 5 unspecified atom stereocenters. The van der Waals surface area contributed by atoms with Crippen molar-refractivity contribution in [3.63, 3.8) is 0 Å². The maximum atomic E-state index is 13.2. The zero-order chi connectivity index (χ0) is 17.2. The topological polar surface area (TPSA) is 45.3 Å². The van der Waals surface area contributed by atoms with Crippen LogP contribution in [0.4, 0.5) is 0 Å². The number of aromatic nitrogens is 1. The van der Waals surface area contributed by atoms with Crippen LogP contribution in [-0.4, -0.2) is 42.1 Å². The maximum Gasteiger partial charge on any atom is 0.319 e. The summed E-state index contributed by atoms with van der Waals surface area (Å²) in [4.78, 5) is 19.4. The monoisotopic (exact) mass is 338 g/mol. The van der Waals surface area contributed by atoms with E-state index in [0.717, 1.165) is 49.5 Å². The molecule has 132 valence electrons. The molecule has 0 radical (unpaired) electrons. The van der Waals surface area contributed by atoms with E-state index in [-0.39, 0.29) is 12.0 Å². The van der Waals surface area contributed by atoms with E-state index in [1.165, 1.54) is 17.4 Å². The molecule has 4 nitrogen and oxygen atoms in total. The molecule has 4 heterocycles. The summed E-state index contributed by atoms with van der Waals surface area (Å²) >= 11 is 0. The van der Waals surface area contributed by atoms with E-state index in [1.807, 2.05) is 0 Å². The second-order valence-electron chi connectivity index (χ2n) is 8.12. The minimum Gasteiger partial charge on any atom is -0.468 e. The number of ether oxygens (including phenoxy) is 1. The highest BCUT2D eigenvalue weighted by Crippen LogP contribution is 2.55. The Labute approximate surface area is 148 Å². The fourth-order valence-corrected chi connectivity index (χ4v) is 6.11. The number of para-hydroxylation sites is 1. The number of hydrogen-bond donors (Lipinski definition) is 1. The molecule has 3 fully saturated rings. The second-order valence-corrected chi connectivity index (χ2v) is 8.12. The van der Waals surface area contributed by atoms with Gasteiger partial charge >= 0.3 is 5.97 Å². The normalized spacial score (nSPS) is 36.1. The number of carbonyl (C=O) groups is 1. The second kappa shape index (κ2) is 5.34. The summed E-state index contributed by atoms with van der Waals surface area (Å²) < 4.78 is 5.41. The van der Waals surface area contributed by atoms with Gasteiger partial charge in [-0.15, -0.1) is 0 Å². The van der Waals surface area contributed by atoms with Crippen molar-refractivity contribution in [2.24, 2.45) is 11.8 Å². The summed E-state index contributed by atoms with van der Waals surface area (Å²) in [7, 11) is 1.55. The van der Waals surface area contributed by atoms with Gasteiger partial charge in [-0.05, 0) is 42.7 Å². The predicted octanol–water partition coefficient (Wildman–Crippen LogP) is 3.26. The number of esters is 1. The summed E-state index contributed by atoms with van der Waals surface area (Å²) in [5.41, 5.74) is 3.11. The molecule has 6 rings (SSSR count). The number of piperidine rings is 2. The SMILES string of the molecule is CCC1CC2N3CCc4c([nH]c5ccccc45)C2(C(=O)OC)CC1C3. The van der Waals surface area contributed by atoms with Crippen LogP contribution in [0, 0.1) is 11.8 Å². The quantitative estimate of drug-likeness (QED) is 0.855. The van der Waals surface area contributed by atoms with Gasteiger partial charge in [0.1, 0.15) is 5.41 Å². The summed E-state index contributed by atoms with van der Waals surface area (Å²) in [5, 5.41) is 1.28. The van der Waals surface area contributed by atoms with Gasteiger partial charge in [-0.2, -0.15) is 0 Å². The van der Waals surface area contributed by atoms with E-state index >= 15 is 0 Å². The highest BCUT2D eigenvalue weighted by molar-refractivity contribution is 5.91. The number of methoxy groups -OCH3 is 1. The van der Waals surface area contributed by atoms with Crippen molar-refractivity contribution in [1.29, 1.82) is 0 Å². The molecule has 1 saturated carbocycles. The van der Waals surface area contributed by atoms with Crippen molar-refractivity contribution in [2.45, 2.75) is 44.1 Å². The van der Waals surface area contributed by atoms with Gasteiger partial charge in [0.15, 0.2) is 0 Å². The fourth-order valence-electron chi connectivity index (χ4n) is 6.11. The van der Waals surface area contributed by atoms with Gasteiger partial charge in [0.2, 0.25) is 0 Å². The van der Waals surface area contributed by atoms with Crippen LogP contribution in [0.1, 0.15) is 37.4 Å². The van der Waals surface area contributed by atoms with Crippen LogP contribution in [0.25, 0.3) is 10.9 Å². The summed E-state index contributed by atoms with van der Waals surface area (Å²) in [6.07, 6.45) is 4.27. The lowest BCUT2D eigenvalue weighted by Gasteiger charge is -2.57. The molecule has 4 bridgehead atoms. The number of rotatable bonds is 2. The first-order chi connectivity index (χ1) is 12.2. The third kappa shape index (κ3) is 1.89. The largest absolute Gasteiger partial charge is 0.468 e. The number of fused-ring (bicyclic) bond motifs is 4. The first-order valence-corrected chi connectivity index (χ1v) is 9.61. The maximum absolute atomic E-state index is 13.2. The molecule has 5 atom stereocenters. The number of nitrogens with one attached hydrogen (secondary N) is 1. The average molecular weight is 338 g/mol. The van der Waals surface area contributed by atoms with Crippen molar-refractivity contribution in [3.05, 3.63) is 35.5 Å². The van der Waals surface area contributed by atoms with Crippen LogP contribution in [0.3, 0.4) is 0 Å². The third-order valence-electron chi connectivity index (χ3n) is 7.24. The number of carbonyl (C=O) groups excluding carboxylic acids is 1. The van der Waals surface area contributed by atoms with Crippen molar-refractivity contribution in [1.82, 2.24) is 9.88 Å². The summed E-state index contributed by atoms with van der Waals surface area (Å²) in [6.45, 7) is 4.48. The number of aromatic amines is 1. The van der Waals surface area contributed by atoms with Crippen molar-refractivity contribution >= 4 is 16.9 Å². The van der Waals surface area contributed by atoms with Crippen LogP contribution >= 0.6 is 0 Å². The predicted molar refractivity (Wildman–Crippen MR) is 97.6 cm³/mol. The Bertz CT molecular complexity index is 842. The Morgan fingerprint density at radius 1 is 1.40 bits per heavy atom. The first-order valence-electron chi connectivity index (χ1n) is 9.61. The molecular formula is C21H26N2O2. The fraction of sp³-hybridized carbons (Fsp3) is 0.571. The molecule has 0 amide bonds. The molecule has 25 heavy (non-hydrogen) atoms. The van der Waals surface area contributed by atoms with E-state index in [2.05, 4.69) is 41.1 Å². The molecular weight excluding hydrogens is 312 g/mol. The summed E-state index contributed by atoms with van der Waals surface area (Å²) in [5.74, 6) is 1.29. The van der Waals surface area contributed by atoms with Gasteiger partial charge in [-0.3, -0.25) is 9.69 Å². The average Bonchev–Trinajstić information content (AvgIpc) is 3.00. The van der Waals surface area contributed by atoms with Crippen LogP contribution in [0.2, 0.25) is 0 Å². The van der Waals surface area contributed by atoms with Crippen molar-refractivity contribution in [3.8, 4) is 0 Å². The lowest BCUT2D eigenvalue weighted by Crippen LogP contribution is -2.66. The number of H-pyrrole nitrogens is 1. The number of benzene rings is 1. The lowest BCUT2D eigenvalue weighted by atomic mass is 9.56. The van der Waals surface area contributed by atoms with E-state index < -0.39 is 5.41 Å². The molecule has 1 aliphatic carbocycles. The van der Waals surface area contributed by atoms with E-state index in [4.69, 9.17) is 4.74 Å². The zero-order valence-electron chi connectivity index (χ0n) is 15.0. The minimum atomic E-state index is -0.520. The van der Waals surface area contributed by atoms with Gasteiger partial charge in [0.05, 0.1) is 7.11 Å². The van der Waals surface area contributed by atoms with Gasteiger partial charge in [-0.25, -0.2) is 0 Å². The van der Waals surface area contributed by atoms with Gasteiger partial charge < -0.3 is 9.72 Å². The molecule has 0 spiro atoms. The first kappa shape index (κ1) is 15.4. The standard InChI is InChI=1S/C21H26N2O2/c1-3-13-10-18-21(20(24)25-2)11-14(13)12-23(18)9-8-16-15-6-4-5-7-17(15)22-19(16)21/h4-7,13-14,18,22H,3,8-12H2,1-2H3. The Kier molecular flexibility index (Phi) is 3.30. The van der Waals surface area contributed by atoms with E-state index in [9.17, 15) is 4.79 Å². The molecule has 4 heteroatoms. The molecule has 3 aliphatic heterocycles. The number of nitrogens with zero attached hydrogens (tertiary/aromatic N) is 1. The molecule has 1 aromatic carbocycles. The Balaban J connectivity index is 1.76. The highest BCUT2D eigenvalue weighted by Gasteiger charge is 2.61. The Morgan fingerprint density at radius 2 is 2.24 bits per heavy atom. The van der Waals surface area contributed by atoms with Crippen LogP contribution in [-0.2, 0) is 21.4 Å². The van der Waals surface area contributed by atoms with E-state index in [1.54, 1.807) is 7.11 Å². The van der Waals surface area contributed by atoms with E-state index in [0.29, 0.717) is 5.92 Å². The molecule has 1 N–H and O–H groups in total.